The van der Waals surface area contributed by atoms with Gasteiger partial charge in [-0.15, -0.1) is 0 Å². The Bertz CT molecular complexity index is 924. The third kappa shape index (κ3) is 3.98. The Hall–Kier alpha value is -0.877. The summed E-state index contributed by atoms with van der Waals surface area (Å²) in [6, 6.07) is 19.9. The molecular weight excluding hydrogens is 450 g/mol. The van der Waals surface area contributed by atoms with Gasteiger partial charge < -0.3 is 24.8 Å². The Morgan fingerprint density at radius 1 is 0.852 bits per heavy atom. The van der Waals surface area contributed by atoms with E-state index >= 15 is 0 Å². The van der Waals surface area contributed by atoms with Crippen molar-refractivity contribution in [3.63, 3.8) is 0 Å². The van der Waals surface area contributed by atoms with Crippen molar-refractivity contribution in [3.8, 4) is 0 Å². The van der Waals surface area contributed by atoms with Crippen molar-refractivity contribution in [2.45, 2.75) is 34.4 Å². The fraction of sp³-hybridized carbons (Fsp3) is 0.250. The Labute approximate surface area is 187 Å². The molecule has 0 amide bonds. The van der Waals surface area contributed by atoms with Gasteiger partial charge in [0.15, 0.2) is 0 Å². The van der Waals surface area contributed by atoms with Crippen LogP contribution in [0.4, 0.5) is 0 Å². The van der Waals surface area contributed by atoms with Crippen molar-refractivity contribution in [3.05, 3.63) is 100 Å². The van der Waals surface area contributed by atoms with Gasteiger partial charge in [-0.2, -0.15) is 0 Å². The molecule has 0 bridgehead atoms. The van der Waals surface area contributed by atoms with Crippen LogP contribution < -0.4 is 24.8 Å². The van der Waals surface area contributed by atoms with E-state index in [4.69, 9.17) is 0 Å². The van der Waals surface area contributed by atoms with Crippen LogP contribution in [-0.2, 0) is 23.2 Å². The zero-order valence-electron chi connectivity index (χ0n) is 16.2. The molecule has 2 atom stereocenters. The van der Waals surface area contributed by atoms with Gasteiger partial charge in [-0.05, 0) is 0 Å². The number of rotatable bonds is 3. The van der Waals surface area contributed by atoms with Crippen LogP contribution in [0.3, 0.4) is 0 Å². The minimum absolute atomic E-state index is 0. The zero-order valence-corrected chi connectivity index (χ0v) is 20.2. The van der Waals surface area contributed by atoms with Crippen LogP contribution in [0.1, 0.15) is 48.0 Å². The summed E-state index contributed by atoms with van der Waals surface area (Å²) in [7, 11) is 0. The summed E-state index contributed by atoms with van der Waals surface area (Å²) < 4.78 is 0.975. The van der Waals surface area contributed by atoms with E-state index in [0.29, 0.717) is 6.75 Å². The monoisotopic (exact) mass is 472 g/mol. The Balaban J connectivity index is 0.00000131. The summed E-state index contributed by atoms with van der Waals surface area (Å²) >= 11 is -0.744. The minimum atomic E-state index is -0.744. The van der Waals surface area contributed by atoms with Crippen LogP contribution in [0.2, 0.25) is 3.12 Å². The summed E-state index contributed by atoms with van der Waals surface area (Å²) in [5, 5.41) is 0. The van der Waals surface area contributed by atoms with E-state index < -0.39 is 23.2 Å². The second kappa shape index (κ2) is 8.65. The van der Waals surface area contributed by atoms with E-state index in [9.17, 15) is 0 Å². The molecule has 0 aromatic heterocycles. The summed E-state index contributed by atoms with van der Waals surface area (Å²) in [6.45, 7) is 9.40. The predicted molar refractivity (Wildman–Crippen MR) is 103 cm³/mol. The second-order valence-corrected chi connectivity index (χ2v) is 12.2. The van der Waals surface area contributed by atoms with Crippen LogP contribution >= 0.6 is 0 Å². The van der Waals surface area contributed by atoms with Gasteiger partial charge in [0.2, 0.25) is 0 Å². The molecule has 138 valence electrons. The number of benzene rings is 2. The van der Waals surface area contributed by atoms with E-state index in [-0.39, 0.29) is 24.8 Å². The number of allylic oxidation sites excluding steroid dienone is 5. The van der Waals surface area contributed by atoms with Gasteiger partial charge in [-0.3, -0.25) is 0 Å². The molecule has 0 heterocycles. The molecule has 0 saturated heterocycles. The summed E-state index contributed by atoms with van der Waals surface area (Å²) in [4.78, 5) is 0. The minimum Gasteiger partial charge on any atom is -1.00 e. The molecule has 2 aliphatic rings. The quantitative estimate of drug-likeness (QED) is 0.616. The van der Waals surface area contributed by atoms with Crippen LogP contribution in [0.25, 0.3) is 5.57 Å². The molecule has 27 heavy (non-hydrogen) atoms. The van der Waals surface area contributed by atoms with Gasteiger partial charge in [0.05, 0.1) is 0 Å². The van der Waals surface area contributed by atoms with Crippen LogP contribution in [-0.4, -0.2) is 0 Å². The number of hydrogen-bond acceptors (Lipinski definition) is 0. The molecule has 0 fully saturated rings. The van der Waals surface area contributed by atoms with Crippen molar-refractivity contribution in [2.75, 3.05) is 0 Å². The molecular formula is C24H24Cl2Zr. The predicted octanol–water partition coefficient (Wildman–Crippen LogP) is 0.738. The number of hydrogen-bond donors (Lipinski definition) is 0. The van der Waals surface area contributed by atoms with Crippen molar-refractivity contribution < 1.29 is 48.0 Å². The topological polar surface area (TPSA) is 0 Å². The Morgan fingerprint density at radius 3 is 2.11 bits per heavy atom. The number of fused-ring (bicyclic) bond motifs is 1. The standard InChI is InChI=1S/C15H11.C9H13.2ClH.Zr/c1-2-6-12(7-3-1)15-11-10-13-8-4-5-9-14(13)15;1-6-5-7(2)9(4)8(6)3;;;/h1-11H;5H,1-4H3;2*1H;/q;;;;+2/p-2. The molecule has 0 spiro atoms. The molecule has 0 nitrogen and oxygen atoms in total. The van der Waals surface area contributed by atoms with E-state index in [0.717, 1.165) is 0 Å². The summed E-state index contributed by atoms with van der Waals surface area (Å²) in [5.74, 6) is 0. The molecule has 0 radical (unpaired) electrons. The molecule has 3 heteroatoms. The molecule has 2 aromatic carbocycles. The summed E-state index contributed by atoms with van der Waals surface area (Å²) in [5.41, 5.74) is 10.4. The molecule has 2 aliphatic carbocycles. The second-order valence-electron chi connectivity index (χ2n) is 7.44. The van der Waals surface area contributed by atoms with Crippen molar-refractivity contribution in [1.82, 2.24) is 0 Å². The van der Waals surface area contributed by atoms with Gasteiger partial charge in [0, 0.05) is 0 Å². The van der Waals surface area contributed by atoms with Crippen molar-refractivity contribution in [1.29, 1.82) is 0 Å². The molecule has 2 unspecified atom stereocenters. The third-order valence-corrected chi connectivity index (χ3v) is 10.6. The SMILES string of the molecule is CC1=C[C](C)([Zr+2][CH]2C=C(c3ccccc3)c3ccccc32)C(C)=C1C.[Cl-].[Cl-]. The first-order chi connectivity index (χ1) is 12.0. The Kier molecular flexibility index (Phi) is 7.18. The molecule has 2 aromatic rings. The smallest absolute Gasteiger partial charge is 1.00 e. The van der Waals surface area contributed by atoms with Gasteiger partial charge >= 0.3 is 163 Å². The van der Waals surface area contributed by atoms with Gasteiger partial charge in [0.25, 0.3) is 0 Å². The van der Waals surface area contributed by atoms with E-state index in [2.05, 4.69) is 94.4 Å². The van der Waals surface area contributed by atoms with Crippen LogP contribution in [0.15, 0.2) is 83.5 Å². The van der Waals surface area contributed by atoms with Gasteiger partial charge in [-0.1, -0.05) is 0 Å². The van der Waals surface area contributed by atoms with Crippen LogP contribution in [0, 0.1) is 0 Å². The van der Waals surface area contributed by atoms with E-state index in [1.165, 1.54) is 27.8 Å². The summed E-state index contributed by atoms with van der Waals surface area (Å²) in [6.07, 6.45) is 5.13. The first-order valence-electron chi connectivity index (χ1n) is 9.01. The maximum absolute atomic E-state index is 2.57. The normalized spacial score (nSPS) is 22.9. The average molecular weight is 475 g/mol. The maximum Gasteiger partial charge on any atom is -1.00 e. The first kappa shape index (κ1) is 22.4. The fourth-order valence-electron chi connectivity index (χ4n) is 4.16. The fourth-order valence-corrected chi connectivity index (χ4v) is 9.09. The molecule has 4 rings (SSSR count). The van der Waals surface area contributed by atoms with Gasteiger partial charge in [-0.25, -0.2) is 0 Å². The third-order valence-electron chi connectivity index (χ3n) is 5.90. The van der Waals surface area contributed by atoms with Crippen molar-refractivity contribution in [2.24, 2.45) is 0 Å². The largest absolute Gasteiger partial charge is 1.00 e. The zero-order chi connectivity index (χ0) is 17.6. The molecule has 0 aliphatic heterocycles. The van der Waals surface area contributed by atoms with Crippen LogP contribution in [0.5, 0.6) is 0 Å². The first-order valence-corrected chi connectivity index (χ1v) is 11.7. The van der Waals surface area contributed by atoms with Gasteiger partial charge in [0.1, 0.15) is 0 Å². The van der Waals surface area contributed by atoms with E-state index in [1.54, 1.807) is 11.1 Å². The maximum atomic E-state index is 2.57. The Morgan fingerprint density at radius 2 is 1.48 bits per heavy atom. The van der Waals surface area contributed by atoms with Crippen molar-refractivity contribution >= 4 is 5.57 Å². The number of halogens is 2. The average Bonchev–Trinajstić information content (AvgIpc) is 3.07. The molecule has 0 saturated carbocycles. The molecule has 0 N–H and O–H groups in total. The van der Waals surface area contributed by atoms with E-state index in [1.807, 2.05) is 0 Å².